The van der Waals surface area contributed by atoms with Gasteiger partial charge < -0.3 is 10.1 Å². The van der Waals surface area contributed by atoms with Gasteiger partial charge in [0.25, 0.3) is 0 Å². The lowest BCUT2D eigenvalue weighted by Gasteiger charge is -2.26. The first-order valence-electron chi connectivity index (χ1n) is 7.76. The van der Waals surface area contributed by atoms with Crippen molar-refractivity contribution in [3.8, 4) is 0 Å². The summed E-state index contributed by atoms with van der Waals surface area (Å²) >= 11 is 3.46. The van der Waals surface area contributed by atoms with Crippen molar-refractivity contribution in [2.45, 2.75) is 12.8 Å². The van der Waals surface area contributed by atoms with Crippen molar-refractivity contribution in [3.63, 3.8) is 0 Å². The number of ether oxygens (including phenoxy) is 1. The van der Waals surface area contributed by atoms with Gasteiger partial charge in [0.2, 0.25) is 5.91 Å². The minimum absolute atomic E-state index is 0.0397. The third kappa shape index (κ3) is 6.30. The van der Waals surface area contributed by atoms with Crippen LogP contribution in [-0.4, -0.2) is 50.2 Å². The maximum absolute atomic E-state index is 11.8. The predicted molar refractivity (Wildman–Crippen MR) is 92.7 cm³/mol. The normalized spacial score (nSPS) is 16.0. The first-order valence-corrected chi connectivity index (χ1v) is 8.55. The standard InChI is InChI=1S/C17H23BrN2O2/c18-16-6-2-1-5-15(16)7-8-17(21)19-9-3-4-10-20-11-13-22-14-12-20/h1-2,5-8H,3-4,9-14H2,(H,19,21)/b8-7+. The van der Waals surface area contributed by atoms with Crippen molar-refractivity contribution in [3.05, 3.63) is 40.4 Å². The van der Waals surface area contributed by atoms with E-state index in [1.54, 1.807) is 6.08 Å². The second-order valence-electron chi connectivity index (χ2n) is 5.31. The maximum atomic E-state index is 11.8. The summed E-state index contributed by atoms with van der Waals surface area (Å²) in [5, 5.41) is 2.93. The number of unbranched alkanes of at least 4 members (excludes halogenated alkanes) is 1. The van der Waals surface area contributed by atoms with Gasteiger partial charge in [-0.25, -0.2) is 0 Å². The number of nitrogens with one attached hydrogen (secondary N) is 1. The summed E-state index contributed by atoms with van der Waals surface area (Å²) < 4.78 is 6.31. The summed E-state index contributed by atoms with van der Waals surface area (Å²) in [4.78, 5) is 14.2. The Morgan fingerprint density at radius 1 is 1.27 bits per heavy atom. The molecule has 4 nitrogen and oxygen atoms in total. The first kappa shape index (κ1) is 17.2. The van der Waals surface area contributed by atoms with Gasteiger partial charge in [-0.15, -0.1) is 0 Å². The third-order valence-corrected chi connectivity index (χ3v) is 4.35. The summed E-state index contributed by atoms with van der Waals surface area (Å²) in [6.45, 7) is 5.56. The number of morpholine rings is 1. The van der Waals surface area contributed by atoms with E-state index in [2.05, 4.69) is 26.1 Å². The van der Waals surface area contributed by atoms with E-state index in [9.17, 15) is 4.79 Å². The van der Waals surface area contributed by atoms with Crippen LogP contribution in [0.25, 0.3) is 6.08 Å². The van der Waals surface area contributed by atoms with Crippen molar-refractivity contribution in [2.24, 2.45) is 0 Å². The fourth-order valence-electron chi connectivity index (χ4n) is 2.33. The second-order valence-corrected chi connectivity index (χ2v) is 6.16. The zero-order chi connectivity index (χ0) is 15.6. The van der Waals surface area contributed by atoms with Crippen LogP contribution in [0.1, 0.15) is 18.4 Å². The first-order chi connectivity index (χ1) is 10.8. The molecule has 0 aliphatic carbocycles. The summed E-state index contributed by atoms with van der Waals surface area (Å²) in [6, 6.07) is 7.84. The van der Waals surface area contributed by atoms with E-state index in [0.717, 1.165) is 62.3 Å². The Morgan fingerprint density at radius 3 is 2.82 bits per heavy atom. The molecule has 1 heterocycles. The topological polar surface area (TPSA) is 41.6 Å². The van der Waals surface area contributed by atoms with E-state index in [4.69, 9.17) is 4.74 Å². The molecule has 22 heavy (non-hydrogen) atoms. The zero-order valence-electron chi connectivity index (χ0n) is 12.8. The van der Waals surface area contributed by atoms with E-state index in [-0.39, 0.29) is 5.91 Å². The molecule has 0 saturated carbocycles. The molecule has 1 N–H and O–H groups in total. The van der Waals surface area contributed by atoms with Gasteiger partial charge in [-0.1, -0.05) is 34.1 Å². The van der Waals surface area contributed by atoms with Gasteiger partial charge in [-0.05, 0) is 37.1 Å². The van der Waals surface area contributed by atoms with Crippen LogP contribution in [0.5, 0.6) is 0 Å². The molecule has 1 aliphatic rings. The van der Waals surface area contributed by atoms with E-state index in [0.29, 0.717) is 0 Å². The summed E-state index contributed by atoms with van der Waals surface area (Å²) in [5.41, 5.74) is 1.00. The quantitative estimate of drug-likeness (QED) is 0.595. The van der Waals surface area contributed by atoms with Crippen LogP contribution < -0.4 is 5.32 Å². The highest BCUT2D eigenvalue weighted by atomic mass is 79.9. The molecule has 0 aromatic heterocycles. The average molecular weight is 367 g/mol. The fraction of sp³-hybridized carbons (Fsp3) is 0.471. The molecule has 1 aromatic carbocycles. The van der Waals surface area contributed by atoms with E-state index in [1.807, 2.05) is 30.3 Å². The largest absolute Gasteiger partial charge is 0.379 e. The van der Waals surface area contributed by atoms with Crippen LogP contribution in [0.2, 0.25) is 0 Å². The number of benzene rings is 1. The number of nitrogens with zero attached hydrogens (tertiary/aromatic N) is 1. The van der Waals surface area contributed by atoms with Gasteiger partial charge in [-0.3, -0.25) is 9.69 Å². The smallest absolute Gasteiger partial charge is 0.243 e. The number of carbonyl (C=O) groups excluding carboxylic acids is 1. The minimum atomic E-state index is -0.0397. The van der Waals surface area contributed by atoms with Crippen molar-refractivity contribution in [2.75, 3.05) is 39.4 Å². The maximum Gasteiger partial charge on any atom is 0.243 e. The minimum Gasteiger partial charge on any atom is -0.379 e. The SMILES string of the molecule is O=C(/C=C/c1ccccc1Br)NCCCCN1CCOCC1. The lowest BCUT2D eigenvalue weighted by Crippen LogP contribution is -2.37. The highest BCUT2D eigenvalue weighted by molar-refractivity contribution is 9.10. The number of hydrogen-bond acceptors (Lipinski definition) is 3. The Balaban J connectivity index is 1.58. The molecule has 2 rings (SSSR count). The van der Waals surface area contributed by atoms with Gasteiger partial charge in [-0.2, -0.15) is 0 Å². The van der Waals surface area contributed by atoms with Crippen molar-refractivity contribution in [1.29, 1.82) is 0 Å². The van der Waals surface area contributed by atoms with Crippen LogP contribution in [0.15, 0.2) is 34.8 Å². The molecule has 0 radical (unpaired) electrons. The predicted octanol–water partition coefficient (Wildman–Crippen LogP) is 2.69. The fourth-order valence-corrected chi connectivity index (χ4v) is 2.75. The zero-order valence-corrected chi connectivity index (χ0v) is 14.3. The molecule has 1 saturated heterocycles. The molecule has 0 atom stereocenters. The van der Waals surface area contributed by atoms with Crippen molar-refractivity contribution < 1.29 is 9.53 Å². The molecular formula is C17H23BrN2O2. The Kier molecular flexibility index (Phi) is 7.63. The highest BCUT2D eigenvalue weighted by Gasteiger charge is 2.08. The number of hydrogen-bond donors (Lipinski definition) is 1. The Bertz CT molecular complexity index is 499. The molecular weight excluding hydrogens is 344 g/mol. The molecule has 1 aromatic rings. The van der Waals surface area contributed by atoms with Gasteiger partial charge in [0, 0.05) is 30.2 Å². The average Bonchev–Trinajstić information content (AvgIpc) is 2.55. The Labute approximate surface area is 140 Å². The number of carbonyl (C=O) groups is 1. The molecule has 1 amide bonds. The monoisotopic (exact) mass is 366 g/mol. The van der Waals surface area contributed by atoms with Crippen molar-refractivity contribution in [1.82, 2.24) is 10.2 Å². The van der Waals surface area contributed by atoms with Gasteiger partial charge in [0.05, 0.1) is 13.2 Å². The number of halogens is 1. The van der Waals surface area contributed by atoms with Gasteiger partial charge in [0.15, 0.2) is 0 Å². The third-order valence-electron chi connectivity index (χ3n) is 3.62. The van der Waals surface area contributed by atoms with Gasteiger partial charge >= 0.3 is 0 Å². The molecule has 0 bridgehead atoms. The molecule has 120 valence electrons. The van der Waals surface area contributed by atoms with Crippen molar-refractivity contribution >= 4 is 27.9 Å². The van der Waals surface area contributed by atoms with Crippen LogP contribution in [-0.2, 0) is 9.53 Å². The lowest BCUT2D eigenvalue weighted by atomic mass is 10.2. The van der Waals surface area contributed by atoms with Crippen LogP contribution in [0.3, 0.4) is 0 Å². The van der Waals surface area contributed by atoms with Gasteiger partial charge in [0.1, 0.15) is 0 Å². The summed E-state index contributed by atoms with van der Waals surface area (Å²) in [6.07, 6.45) is 5.52. The molecule has 5 heteroatoms. The number of rotatable bonds is 7. The molecule has 0 spiro atoms. The van der Waals surface area contributed by atoms with Crippen LogP contribution in [0.4, 0.5) is 0 Å². The Hall–Kier alpha value is -1.17. The van der Waals surface area contributed by atoms with E-state index >= 15 is 0 Å². The molecule has 0 unspecified atom stereocenters. The molecule has 1 fully saturated rings. The van der Waals surface area contributed by atoms with Crippen LogP contribution in [0, 0.1) is 0 Å². The van der Waals surface area contributed by atoms with E-state index < -0.39 is 0 Å². The highest BCUT2D eigenvalue weighted by Crippen LogP contribution is 2.16. The van der Waals surface area contributed by atoms with E-state index in [1.165, 1.54) is 0 Å². The Morgan fingerprint density at radius 2 is 2.05 bits per heavy atom. The lowest BCUT2D eigenvalue weighted by molar-refractivity contribution is -0.116. The molecule has 1 aliphatic heterocycles. The van der Waals surface area contributed by atoms with Crippen LogP contribution >= 0.6 is 15.9 Å². The number of amides is 1. The summed E-state index contributed by atoms with van der Waals surface area (Å²) in [7, 11) is 0. The summed E-state index contributed by atoms with van der Waals surface area (Å²) in [5.74, 6) is -0.0397. The second kappa shape index (κ2) is 9.77.